The summed E-state index contributed by atoms with van der Waals surface area (Å²) < 4.78 is 12.0. The lowest BCUT2D eigenvalue weighted by Crippen LogP contribution is -2.05. The molecule has 3 aromatic rings. The van der Waals surface area contributed by atoms with Crippen LogP contribution >= 0.6 is 15.9 Å². The molecule has 0 N–H and O–H groups in total. The molecule has 0 atom stereocenters. The van der Waals surface area contributed by atoms with Crippen LogP contribution in [0.4, 0.5) is 5.69 Å². The van der Waals surface area contributed by atoms with Gasteiger partial charge in [-0.1, -0.05) is 46.3 Å². The van der Waals surface area contributed by atoms with E-state index in [-0.39, 0.29) is 17.3 Å². The number of cyclic esters (lactones) is 1. The molecule has 0 saturated carbocycles. The molecule has 31 heavy (non-hydrogen) atoms. The number of esters is 1. The standard InChI is InChI=1S/C23H15BrN2O5/c24-20-7-2-1-5-17(20)14-30-19-6-3-4-15(12-19)13-21-23(27)31-22(25-21)16-8-10-18(11-9-16)26(28)29/h1-13H,14H2/b21-13-. The Labute approximate surface area is 185 Å². The first kappa shape index (κ1) is 20.5. The largest absolute Gasteiger partial charge is 0.489 e. The highest BCUT2D eigenvalue weighted by atomic mass is 79.9. The molecular weight excluding hydrogens is 464 g/mol. The van der Waals surface area contributed by atoms with Crippen LogP contribution in [0, 0.1) is 10.1 Å². The lowest BCUT2D eigenvalue weighted by atomic mass is 10.2. The number of carbonyl (C=O) groups excluding carboxylic acids is 1. The number of hydrogen-bond acceptors (Lipinski definition) is 6. The van der Waals surface area contributed by atoms with E-state index in [0.29, 0.717) is 17.9 Å². The molecule has 0 bridgehead atoms. The molecule has 8 heteroatoms. The summed E-state index contributed by atoms with van der Waals surface area (Å²) in [5.74, 6) is 0.163. The monoisotopic (exact) mass is 478 g/mol. The second kappa shape index (κ2) is 8.93. The molecule has 0 fully saturated rings. The molecule has 0 aliphatic carbocycles. The fourth-order valence-corrected chi connectivity index (χ4v) is 3.29. The van der Waals surface area contributed by atoms with E-state index in [1.165, 1.54) is 24.3 Å². The number of nitrogens with zero attached hydrogens (tertiary/aromatic N) is 2. The highest BCUT2D eigenvalue weighted by Gasteiger charge is 2.24. The highest BCUT2D eigenvalue weighted by molar-refractivity contribution is 9.10. The molecule has 0 amide bonds. The normalized spacial score (nSPS) is 14.3. The van der Waals surface area contributed by atoms with E-state index in [4.69, 9.17) is 9.47 Å². The summed E-state index contributed by atoms with van der Waals surface area (Å²) in [6.45, 7) is 0.395. The van der Waals surface area contributed by atoms with E-state index >= 15 is 0 Å². The van der Waals surface area contributed by atoms with Crippen molar-refractivity contribution in [1.82, 2.24) is 0 Å². The number of rotatable bonds is 6. The first-order valence-electron chi connectivity index (χ1n) is 9.23. The van der Waals surface area contributed by atoms with Crippen LogP contribution in [0.3, 0.4) is 0 Å². The number of nitro groups is 1. The van der Waals surface area contributed by atoms with Crippen molar-refractivity contribution in [2.24, 2.45) is 4.99 Å². The number of benzene rings is 3. The van der Waals surface area contributed by atoms with Crippen molar-refractivity contribution in [1.29, 1.82) is 0 Å². The Morgan fingerprint density at radius 3 is 2.58 bits per heavy atom. The van der Waals surface area contributed by atoms with Crippen LogP contribution in [0.2, 0.25) is 0 Å². The van der Waals surface area contributed by atoms with E-state index < -0.39 is 10.9 Å². The molecule has 1 aliphatic rings. The van der Waals surface area contributed by atoms with Crippen LogP contribution in [0.25, 0.3) is 6.08 Å². The maximum Gasteiger partial charge on any atom is 0.363 e. The molecule has 154 valence electrons. The van der Waals surface area contributed by atoms with Crippen molar-refractivity contribution in [2.45, 2.75) is 6.61 Å². The second-order valence-corrected chi connectivity index (χ2v) is 7.45. The summed E-state index contributed by atoms with van der Waals surface area (Å²) in [4.78, 5) is 26.7. The predicted octanol–water partition coefficient (Wildman–Crippen LogP) is 5.28. The molecule has 0 spiro atoms. The zero-order valence-corrected chi connectivity index (χ0v) is 17.6. The molecule has 0 saturated heterocycles. The van der Waals surface area contributed by atoms with Crippen LogP contribution in [0.5, 0.6) is 5.75 Å². The number of non-ortho nitro benzene ring substituents is 1. The molecule has 3 aromatic carbocycles. The van der Waals surface area contributed by atoms with Gasteiger partial charge in [0, 0.05) is 27.7 Å². The van der Waals surface area contributed by atoms with Crippen molar-refractivity contribution in [3.8, 4) is 5.75 Å². The SMILES string of the molecule is O=C1OC(c2ccc([N+](=O)[O-])cc2)=N/C1=C\c1cccc(OCc2ccccc2Br)c1. The predicted molar refractivity (Wildman–Crippen MR) is 119 cm³/mol. The number of aliphatic imine (C=N–C) groups is 1. The number of hydrogen-bond donors (Lipinski definition) is 0. The van der Waals surface area contributed by atoms with Gasteiger partial charge in [-0.15, -0.1) is 0 Å². The van der Waals surface area contributed by atoms with Crippen LogP contribution in [0.1, 0.15) is 16.7 Å². The summed E-state index contributed by atoms with van der Waals surface area (Å²) in [5, 5.41) is 10.8. The first-order chi connectivity index (χ1) is 15.0. The Morgan fingerprint density at radius 1 is 1.06 bits per heavy atom. The van der Waals surface area contributed by atoms with Gasteiger partial charge < -0.3 is 9.47 Å². The van der Waals surface area contributed by atoms with Crippen LogP contribution in [-0.2, 0) is 16.1 Å². The van der Waals surface area contributed by atoms with Crippen molar-refractivity contribution in [2.75, 3.05) is 0 Å². The molecule has 1 heterocycles. The molecule has 1 aliphatic heterocycles. The summed E-state index contributed by atoms with van der Waals surface area (Å²) in [7, 11) is 0. The van der Waals surface area contributed by atoms with Crippen molar-refractivity contribution >= 4 is 39.6 Å². The quantitative estimate of drug-likeness (QED) is 0.208. The Hall–Kier alpha value is -3.78. The Kier molecular flexibility index (Phi) is 5.90. The minimum Gasteiger partial charge on any atom is -0.489 e. The van der Waals surface area contributed by atoms with E-state index in [9.17, 15) is 14.9 Å². The molecule has 0 aromatic heterocycles. The third-order valence-electron chi connectivity index (χ3n) is 4.46. The lowest BCUT2D eigenvalue weighted by molar-refractivity contribution is -0.384. The minimum absolute atomic E-state index is 0.0520. The van der Waals surface area contributed by atoms with Gasteiger partial charge >= 0.3 is 5.97 Å². The number of nitro benzene ring substituents is 1. The van der Waals surface area contributed by atoms with Gasteiger partial charge in [0.1, 0.15) is 12.4 Å². The van der Waals surface area contributed by atoms with Gasteiger partial charge in [-0.2, -0.15) is 0 Å². The van der Waals surface area contributed by atoms with Crippen molar-refractivity contribution in [3.63, 3.8) is 0 Å². The van der Waals surface area contributed by atoms with Gasteiger partial charge in [-0.3, -0.25) is 10.1 Å². The minimum atomic E-state index is -0.590. The fourth-order valence-electron chi connectivity index (χ4n) is 2.89. The van der Waals surface area contributed by atoms with Gasteiger partial charge in [-0.05, 0) is 42.0 Å². The first-order valence-corrected chi connectivity index (χ1v) is 10.0. The Morgan fingerprint density at radius 2 is 1.84 bits per heavy atom. The van der Waals surface area contributed by atoms with Gasteiger partial charge in [0.25, 0.3) is 5.69 Å². The number of halogens is 1. The van der Waals surface area contributed by atoms with Crippen LogP contribution < -0.4 is 4.74 Å². The topological polar surface area (TPSA) is 91.0 Å². The third-order valence-corrected chi connectivity index (χ3v) is 5.23. The van der Waals surface area contributed by atoms with Gasteiger partial charge in [0.2, 0.25) is 5.90 Å². The van der Waals surface area contributed by atoms with E-state index in [1.807, 2.05) is 42.5 Å². The summed E-state index contributed by atoms with van der Waals surface area (Å²) in [5.41, 5.74) is 2.31. The molecular formula is C23H15BrN2O5. The van der Waals surface area contributed by atoms with E-state index in [0.717, 1.165) is 15.6 Å². The molecule has 7 nitrogen and oxygen atoms in total. The number of carbonyl (C=O) groups is 1. The van der Waals surface area contributed by atoms with Crippen molar-refractivity contribution in [3.05, 3.63) is 110 Å². The van der Waals surface area contributed by atoms with Crippen LogP contribution in [-0.4, -0.2) is 16.8 Å². The molecule has 0 unspecified atom stereocenters. The zero-order chi connectivity index (χ0) is 21.8. The van der Waals surface area contributed by atoms with Gasteiger partial charge in [0.05, 0.1) is 4.92 Å². The van der Waals surface area contributed by atoms with Gasteiger partial charge in [-0.25, -0.2) is 9.79 Å². The summed E-state index contributed by atoms with van der Waals surface area (Å²) in [6.07, 6.45) is 1.60. The number of ether oxygens (including phenoxy) is 2. The fraction of sp³-hybridized carbons (Fsp3) is 0.0435. The summed E-state index contributed by atoms with van der Waals surface area (Å²) in [6, 6.07) is 20.7. The Bertz CT molecular complexity index is 1220. The van der Waals surface area contributed by atoms with Gasteiger partial charge in [0.15, 0.2) is 5.70 Å². The van der Waals surface area contributed by atoms with Crippen molar-refractivity contribution < 1.29 is 19.2 Å². The van der Waals surface area contributed by atoms with E-state index in [1.54, 1.807) is 12.1 Å². The Balaban J connectivity index is 1.51. The van der Waals surface area contributed by atoms with E-state index in [2.05, 4.69) is 20.9 Å². The summed E-state index contributed by atoms with van der Waals surface area (Å²) >= 11 is 3.50. The zero-order valence-electron chi connectivity index (χ0n) is 16.0. The third kappa shape index (κ3) is 4.87. The average molecular weight is 479 g/mol. The smallest absolute Gasteiger partial charge is 0.363 e. The molecule has 4 rings (SSSR count). The maximum absolute atomic E-state index is 12.2. The highest BCUT2D eigenvalue weighted by Crippen LogP contribution is 2.24. The average Bonchev–Trinajstić information content (AvgIpc) is 3.13. The molecule has 0 radical (unpaired) electrons. The maximum atomic E-state index is 12.2. The lowest BCUT2D eigenvalue weighted by Gasteiger charge is -2.08. The van der Waals surface area contributed by atoms with Crippen LogP contribution in [0.15, 0.2) is 88.0 Å². The second-order valence-electron chi connectivity index (χ2n) is 6.59.